The normalized spacial score (nSPS) is 22.4. The second kappa shape index (κ2) is 7.47. The minimum atomic E-state index is -0.210. The van der Waals surface area contributed by atoms with Crippen LogP contribution in [0.1, 0.15) is 43.2 Å². The Hall–Kier alpha value is -2.68. The molecule has 3 amide bonds. The van der Waals surface area contributed by atoms with Gasteiger partial charge in [-0.05, 0) is 30.5 Å². The number of nitrogens with one attached hydrogen (secondary N) is 1. The van der Waals surface area contributed by atoms with E-state index in [0.29, 0.717) is 12.1 Å². The molecule has 2 atom stereocenters. The first-order chi connectivity index (χ1) is 12.1. The van der Waals surface area contributed by atoms with Gasteiger partial charge in [-0.3, -0.25) is 19.3 Å². The van der Waals surface area contributed by atoms with Gasteiger partial charge in [-0.2, -0.15) is 5.26 Å². The van der Waals surface area contributed by atoms with Crippen LogP contribution in [0.2, 0.25) is 0 Å². The highest BCUT2D eigenvalue weighted by Gasteiger charge is 2.47. The fourth-order valence-corrected chi connectivity index (χ4v) is 3.70. The molecule has 3 rings (SSSR count). The SMILES string of the molecule is N#Cc1cccc(CNC(=O)CCN2C(=O)C3CCCCC3C2=O)c1. The molecule has 1 aromatic carbocycles. The number of amides is 3. The van der Waals surface area contributed by atoms with Gasteiger partial charge in [0, 0.05) is 19.5 Å². The standard InChI is InChI=1S/C19H21N3O3/c20-11-13-4-3-5-14(10-13)12-21-17(23)8-9-22-18(24)15-6-1-2-7-16(15)19(22)25/h3-5,10,15-16H,1-2,6-9,12H2,(H,21,23). The Labute approximate surface area is 146 Å². The van der Waals surface area contributed by atoms with E-state index >= 15 is 0 Å². The average molecular weight is 339 g/mol. The summed E-state index contributed by atoms with van der Waals surface area (Å²) in [4.78, 5) is 38.0. The number of hydrogen-bond acceptors (Lipinski definition) is 4. The van der Waals surface area contributed by atoms with Gasteiger partial charge in [-0.25, -0.2) is 0 Å². The quantitative estimate of drug-likeness (QED) is 0.827. The number of nitriles is 1. The number of fused-ring (bicyclic) bond motifs is 1. The highest BCUT2D eigenvalue weighted by molar-refractivity contribution is 6.05. The third-order valence-electron chi connectivity index (χ3n) is 5.04. The van der Waals surface area contributed by atoms with Crippen LogP contribution in [0.3, 0.4) is 0 Å². The van der Waals surface area contributed by atoms with Crippen molar-refractivity contribution in [2.45, 2.75) is 38.6 Å². The lowest BCUT2D eigenvalue weighted by molar-refractivity contribution is -0.140. The summed E-state index contributed by atoms with van der Waals surface area (Å²) in [5.41, 5.74) is 1.38. The summed E-state index contributed by atoms with van der Waals surface area (Å²) in [6.45, 7) is 0.468. The zero-order chi connectivity index (χ0) is 17.8. The number of nitrogens with zero attached hydrogens (tertiary/aromatic N) is 2. The van der Waals surface area contributed by atoms with Crippen molar-refractivity contribution in [2.75, 3.05) is 6.54 Å². The Morgan fingerprint density at radius 1 is 1.20 bits per heavy atom. The lowest BCUT2D eigenvalue weighted by Crippen LogP contribution is -2.35. The second-order valence-electron chi connectivity index (χ2n) is 6.66. The lowest BCUT2D eigenvalue weighted by atomic mass is 9.81. The van der Waals surface area contributed by atoms with Crippen LogP contribution in [0.4, 0.5) is 0 Å². The summed E-state index contributed by atoms with van der Waals surface area (Å²) in [7, 11) is 0. The van der Waals surface area contributed by atoms with E-state index in [4.69, 9.17) is 5.26 Å². The molecule has 1 saturated heterocycles. The number of imide groups is 1. The van der Waals surface area contributed by atoms with Crippen LogP contribution in [-0.4, -0.2) is 29.2 Å². The summed E-state index contributed by atoms with van der Waals surface area (Å²) in [6.07, 6.45) is 3.67. The molecule has 1 N–H and O–H groups in total. The predicted octanol–water partition coefficient (Wildman–Crippen LogP) is 1.74. The summed E-state index contributed by atoms with van der Waals surface area (Å²) in [5.74, 6) is -0.762. The monoisotopic (exact) mass is 339 g/mol. The number of rotatable bonds is 5. The molecule has 0 spiro atoms. The average Bonchev–Trinajstić information content (AvgIpc) is 2.89. The molecule has 1 aliphatic carbocycles. The molecule has 0 bridgehead atoms. The van der Waals surface area contributed by atoms with Crippen LogP contribution in [0.25, 0.3) is 0 Å². The van der Waals surface area contributed by atoms with E-state index in [9.17, 15) is 14.4 Å². The molecule has 1 aliphatic heterocycles. The van der Waals surface area contributed by atoms with E-state index < -0.39 is 0 Å². The van der Waals surface area contributed by atoms with Crippen molar-refractivity contribution in [2.24, 2.45) is 11.8 Å². The van der Waals surface area contributed by atoms with Crippen molar-refractivity contribution in [3.63, 3.8) is 0 Å². The van der Waals surface area contributed by atoms with E-state index in [0.717, 1.165) is 31.2 Å². The minimum absolute atomic E-state index is 0.106. The second-order valence-corrected chi connectivity index (χ2v) is 6.66. The Morgan fingerprint density at radius 3 is 2.52 bits per heavy atom. The molecule has 6 nitrogen and oxygen atoms in total. The van der Waals surface area contributed by atoms with E-state index in [-0.39, 0.29) is 42.5 Å². The molecular weight excluding hydrogens is 318 g/mol. The molecule has 2 unspecified atom stereocenters. The lowest BCUT2D eigenvalue weighted by Gasteiger charge is -2.19. The summed E-state index contributed by atoms with van der Waals surface area (Å²) >= 11 is 0. The van der Waals surface area contributed by atoms with E-state index in [2.05, 4.69) is 11.4 Å². The van der Waals surface area contributed by atoms with E-state index in [1.807, 2.05) is 6.07 Å². The zero-order valence-corrected chi connectivity index (χ0v) is 14.0. The van der Waals surface area contributed by atoms with Crippen molar-refractivity contribution in [3.05, 3.63) is 35.4 Å². The Kier molecular flexibility index (Phi) is 5.13. The van der Waals surface area contributed by atoms with Crippen molar-refractivity contribution >= 4 is 17.7 Å². The van der Waals surface area contributed by atoms with Crippen molar-refractivity contribution in [1.29, 1.82) is 5.26 Å². The number of benzene rings is 1. The maximum absolute atomic E-state index is 12.4. The molecule has 6 heteroatoms. The molecule has 2 aliphatic rings. The maximum Gasteiger partial charge on any atom is 0.233 e. The topological polar surface area (TPSA) is 90.3 Å². The zero-order valence-electron chi connectivity index (χ0n) is 14.0. The first-order valence-corrected chi connectivity index (χ1v) is 8.71. The molecule has 1 heterocycles. The Balaban J connectivity index is 1.49. The van der Waals surface area contributed by atoms with Crippen LogP contribution in [-0.2, 0) is 20.9 Å². The van der Waals surface area contributed by atoms with Crippen LogP contribution >= 0.6 is 0 Å². The van der Waals surface area contributed by atoms with Gasteiger partial charge < -0.3 is 5.32 Å². The molecule has 0 aromatic heterocycles. The fourth-order valence-electron chi connectivity index (χ4n) is 3.70. The first-order valence-electron chi connectivity index (χ1n) is 8.71. The first kappa shape index (κ1) is 17.2. The number of carbonyl (C=O) groups excluding carboxylic acids is 3. The van der Waals surface area contributed by atoms with Crippen LogP contribution in [0, 0.1) is 23.2 Å². The highest BCUT2D eigenvalue weighted by Crippen LogP contribution is 2.37. The maximum atomic E-state index is 12.4. The largest absolute Gasteiger partial charge is 0.352 e. The van der Waals surface area contributed by atoms with E-state index in [1.165, 1.54) is 4.90 Å². The third-order valence-corrected chi connectivity index (χ3v) is 5.04. The molecule has 1 saturated carbocycles. The van der Waals surface area contributed by atoms with Crippen molar-refractivity contribution in [1.82, 2.24) is 10.2 Å². The number of hydrogen-bond donors (Lipinski definition) is 1. The summed E-state index contributed by atoms with van der Waals surface area (Å²) in [6, 6.07) is 9.08. The predicted molar refractivity (Wildman–Crippen MR) is 89.8 cm³/mol. The van der Waals surface area contributed by atoms with Crippen LogP contribution < -0.4 is 5.32 Å². The summed E-state index contributed by atoms with van der Waals surface area (Å²) < 4.78 is 0. The van der Waals surface area contributed by atoms with Crippen molar-refractivity contribution < 1.29 is 14.4 Å². The van der Waals surface area contributed by atoms with E-state index in [1.54, 1.807) is 18.2 Å². The summed E-state index contributed by atoms with van der Waals surface area (Å²) in [5, 5.41) is 11.6. The van der Waals surface area contributed by atoms with Gasteiger partial charge in [0.25, 0.3) is 0 Å². The van der Waals surface area contributed by atoms with Gasteiger partial charge in [-0.1, -0.05) is 25.0 Å². The molecule has 0 radical (unpaired) electrons. The molecule has 1 aromatic rings. The number of likely N-dealkylation sites (tertiary alicyclic amines) is 1. The minimum Gasteiger partial charge on any atom is -0.352 e. The number of carbonyl (C=O) groups is 3. The van der Waals surface area contributed by atoms with Gasteiger partial charge in [-0.15, -0.1) is 0 Å². The Bertz CT molecular complexity index is 714. The van der Waals surface area contributed by atoms with Gasteiger partial charge >= 0.3 is 0 Å². The van der Waals surface area contributed by atoms with Crippen LogP contribution in [0.5, 0.6) is 0 Å². The third kappa shape index (κ3) is 3.71. The van der Waals surface area contributed by atoms with Crippen molar-refractivity contribution in [3.8, 4) is 6.07 Å². The molecule has 130 valence electrons. The van der Waals surface area contributed by atoms with Gasteiger partial charge in [0.2, 0.25) is 17.7 Å². The molecule has 25 heavy (non-hydrogen) atoms. The van der Waals surface area contributed by atoms with Gasteiger partial charge in [0.15, 0.2) is 0 Å². The van der Waals surface area contributed by atoms with Gasteiger partial charge in [0.05, 0.1) is 23.5 Å². The molecular formula is C19H21N3O3. The highest BCUT2D eigenvalue weighted by atomic mass is 16.2. The molecule has 2 fully saturated rings. The fraction of sp³-hybridized carbons (Fsp3) is 0.474. The van der Waals surface area contributed by atoms with Gasteiger partial charge in [0.1, 0.15) is 0 Å². The Morgan fingerprint density at radius 2 is 1.88 bits per heavy atom. The smallest absolute Gasteiger partial charge is 0.233 e. The van der Waals surface area contributed by atoms with Crippen LogP contribution in [0.15, 0.2) is 24.3 Å².